The van der Waals surface area contributed by atoms with E-state index in [2.05, 4.69) is 19.2 Å². The summed E-state index contributed by atoms with van der Waals surface area (Å²) >= 11 is 0. The summed E-state index contributed by atoms with van der Waals surface area (Å²) in [6, 6.07) is 17.8. The molecule has 0 bridgehead atoms. The lowest BCUT2D eigenvalue weighted by atomic mass is 9.95. The molecule has 0 aliphatic carbocycles. The number of nitrogens with one attached hydrogen (secondary N) is 1. The Labute approximate surface area is 145 Å². The van der Waals surface area contributed by atoms with Crippen LogP contribution in [0, 0.1) is 5.92 Å². The van der Waals surface area contributed by atoms with Crippen LogP contribution >= 0.6 is 0 Å². The van der Waals surface area contributed by atoms with Crippen molar-refractivity contribution in [2.75, 3.05) is 6.61 Å². The number of benzene rings is 2. The normalized spacial score (nSPS) is 12.0. The first kappa shape index (κ1) is 18.1. The monoisotopic (exact) mass is 325 g/mol. The third-order valence-electron chi connectivity index (χ3n) is 3.90. The van der Waals surface area contributed by atoms with Crippen LogP contribution in [-0.2, 0) is 11.3 Å². The van der Waals surface area contributed by atoms with Gasteiger partial charge in [0.15, 0.2) is 0 Å². The van der Waals surface area contributed by atoms with Crippen LogP contribution in [0.15, 0.2) is 54.6 Å². The molecule has 2 rings (SSSR count). The molecule has 0 aromatic heterocycles. The Morgan fingerprint density at radius 2 is 1.71 bits per heavy atom. The smallest absolute Gasteiger partial charge is 0.227 e. The number of amides is 1. The molecule has 0 aliphatic rings. The van der Waals surface area contributed by atoms with E-state index in [-0.39, 0.29) is 11.8 Å². The molecular formula is C21H27NO2. The topological polar surface area (TPSA) is 38.3 Å². The third-order valence-corrected chi connectivity index (χ3v) is 3.90. The number of carbonyl (C=O) groups excluding carboxylic acids is 1. The molecule has 1 atom stereocenters. The van der Waals surface area contributed by atoms with Gasteiger partial charge in [-0.25, -0.2) is 0 Å². The van der Waals surface area contributed by atoms with Gasteiger partial charge in [-0.3, -0.25) is 4.79 Å². The fourth-order valence-electron chi connectivity index (χ4n) is 2.54. The number of carbonyl (C=O) groups is 1. The maximum absolute atomic E-state index is 12.5. The quantitative estimate of drug-likeness (QED) is 0.774. The minimum atomic E-state index is -0.0974. The van der Waals surface area contributed by atoms with E-state index in [1.165, 1.54) is 0 Å². The molecule has 1 amide bonds. The summed E-state index contributed by atoms with van der Waals surface area (Å²) in [5.41, 5.74) is 2.14. The standard InChI is InChI=1S/C21H27NO2/c1-4-20(18-8-6-5-7-9-18)21(23)22-14-17-10-12-19(13-11-17)24-15-16(2)3/h5-13,16,20H,4,14-15H2,1-3H3,(H,22,23). The number of hydrogen-bond donors (Lipinski definition) is 1. The van der Waals surface area contributed by atoms with Gasteiger partial charge >= 0.3 is 0 Å². The minimum absolute atomic E-state index is 0.0730. The van der Waals surface area contributed by atoms with Crippen LogP contribution in [0.2, 0.25) is 0 Å². The molecule has 0 heterocycles. The van der Waals surface area contributed by atoms with Crippen LogP contribution in [-0.4, -0.2) is 12.5 Å². The minimum Gasteiger partial charge on any atom is -0.493 e. The van der Waals surface area contributed by atoms with Crippen molar-refractivity contribution < 1.29 is 9.53 Å². The van der Waals surface area contributed by atoms with Crippen molar-refractivity contribution in [3.05, 3.63) is 65.7 Å². The van der Waals surface area contributed by atoms with E-state index in [1.54, 1.807) is 0 Å². The highest BCUT2D eigenvalue weighted by atomic mass is 16.5. The zero-order chi connectivity index (χ0) is 17.4. The van der Waals surface area contributed by atoms with Crippen LogP contribution in [0.5, 0.6) is 5.75 Å². The van der Waals surface area contributed by atoms with E-state index in [0.717, 1.165) is 23.3 Å². The number of hydrogen-bond acceptors (Lipinski definition) is 2. The molecule has 24 heavy (non-hydrogen) atoms. The lowest BCUT2D eigenvalue weighted by Gasteiger charge is -2.15. The zero-order valence-corrected chi connectivity index (χ0v) is 14.8. The summed E-state index contributed by atoms with van der Waals surface area (Å²) in [6.45, 7) is 7.54. The molecule has 2 aromatic carbocycles. The molecule has 0 spiro atoms. The second-order valence-corrected chi connectivity index (χ2v) is 6.44. The summed E-state index contributed by atoms with van der Waals surface area (Å²) in [7, 11) is 0. The molecule has 3 nitrogen and oxygen atoms in total. The highest BCUT2D eigenvalue weighted by Gasteiger charge is 2.17. The Morgan fingerprint density at radius 1 is 1.04 bits per heavy atom. The van der Waals surface area contributed by atoms with Crippen molar-refractivity contribution in [2.45, 2.75) is 39.7 Å². The Hall–Kier alpha value is -2.29. The van der Waals surface area contributed by atoms with Gasteiger partial charge in [0.2, 0.25) is 5.91 Å². The second kappa shape index (κ2) is 9.11. The maximum atomic E-state index is 12.5. The number of rotatable bonds is 8. The van der Waals surface area contributed by atoms with E-state index in [4.69, 9.17) is 4.74 Å². The van der Waals surface area contributed by atoms with Crippen molar-refractivity contribution in [1.82, 2.24) is 5.32 Å². The fourth-order valence-corrected chi connectivity index (χ4v) is 2.54. The van der Waals surface area contributed by atoms with Gasteiger partial charge in [0.1, 0.15) is 5.75 Å². The highest BCUT2D eigenvalue weighted by Crippen LogP contribution is 2.19. The fraction of sp³-hybridized carbons (Fsp3) is 0.381. The van der Waals surface area contributed by atoms with Gasteiger partial charge in [-0.05, 0) is 35.6 Å². The van der Waals surface area contributed by atoms with E-state index >= 15 is 0 Å². The zero-order valence-electron chi connectivity index (χ0n) is 14.8. The largest absolute Gasteiger partial charge is 0.493 e. The average molecular weight is 325 g/mol. The predicted octanol–water partition coefficient (Wildman–Crippen LogP) is 4.53. The highest BCUT2D eigenvalue weighted by molar-refractivity contribution is 5.83. The van der Waals surface area contributed by atoms with Crippen molar-refractivity contribution in [2.24, 2.45) is 5.92 Å². The molecule has 0 saturated carbocycles. The summed E-state index contributed by atoms with van der Waals surface area (Å²) in [5.74, 6) is 1.35. The molecular weight excluding hydrogens is 298 g/mol. The van der Waals surface area contributed by atoms with Gasteiger partial charge in [0.05, 0.1) is 12.5 Å². The molecule has 0 aliphatic heterocycles. The van der Waals surface area contributed by atoms with E-state index in [1.807, 2.05) is 61.5 Å². The Bertz CT molecular complexity index is 620. The maximum Gasteiger partial charge on any atom is 0.227 e. The predicted molar refractivity (Wildman–Crippen MR) is 98.1 cm³/mol. The molecule has 0 radical (unpaired) electrons. The van der Waals surface area contributed by atoms with Gasteiger partial charge in [-0.1, -0.05) is 63.2 Å². The van der Waals surface area contributed by atoms with Gasteiger partial charge in [0.25, 0.3) is 0 Å². The van der Waals surface area contributed by atoms with E-state index in [0.29, 0.717) is 19.1 Å². The van der Waals surface area contributed by atoms with Gasteiger partial charge in [0, 0.05) is 6.54 Å². The van der Waals surface area contributed by atoms with Crippen molar-refractivity contribution in [3.63, 3.8) is 0 Å². The first-order valence-corrected chi connectivity index (χ1v) is 8.64. The summed E-state index contributed by atoms with van der Waals surface area (Å²) in [6.07, 6.45) is 0.790. The third kappa shape index (κ3) is 5.41. The Balaban J connectivity index is 1.89. The van der Waals surface area contributed by atoms with Crippen LogP contribution in [0.25, 0.3) is 0 Å². The molecule has 1 unspecified atom stereocenters. The number of ether oxygens (including phenoxy) is 1. The molecule has 0 fully saturated rings. The summed E-state index contributed by atoms with van der Waals surface area (Å²) in [4.78, 5) is 12.5. The van der Waals surface area contributed by atoms with Gasteiger partial charge < -0.3 is 10.1 Å². The first-order chi connectivity index (χ1) is 11.6. The SMILES string of the molecule is CCC(C(=O)NCc1ccc(OCC(C)C)cc1)c1ccccc1. The molecule has 3 heteroatoms. The molecule has 0 saturated heterocycles. The van der Waals surface area contributed by atoms with Crippen LogP contribution in [0.4, 0.5) is 0 Å². The van der Waals surface area contributed by atoms with Crippen molar-refractivity contribution >= 4 is 5.91 Å². The molecule has 1 N–H and O–H groups in total. The first-order valence-electron chi connectivity index (χ1n) is 8.64. The van der Waals surface area contributed by atoms with Gasteiger partial charge in [-0.15, -0.1) is 0 Å². The Kier molecular flexibility index (Phi) is 6.86. The van der Waals surface area contributed by atoms with Crippen LogP contribution < -0.4 is 10.1 Å². The van der Waals surface area contributed by atoms with Crippen LogP contribution in [0.1, 0.15) is 44.2 Å². The van der Waals surface area contributed by atoms with Gasteiger partial charge in [-0.2, -0.15) is 0 Å². The summed E-state index contributed by atoms with van der Waals surface area (Å²) in [5, 5.41) is 3.04. The molecule has 2 aromatic rings. The molecule has 128 valence electrons. The Morgan fingerprint density at radius 3 is 2.29 bits per heavy atom. The summed E-state index contributed by atoms with van der Waals surface area (Å²) < 4.78 is 5.67. The van der Waals surface area contributed by atoms with E-state index < -0.39 is 0 Å². The van der Waals surface area contributed by atoms with Crippen LogP contribution in [0.3, 0.4) is 0 Å². The lowest BCUT2D eigenvalue weighted by molar-refractivity contribution is -0.122. The van der Waals surface area contributed by atoms with E-state index in [9.17, 15) is 4.79 Å². The van der Waals surface area contributed by atoms with Crippen molar-refractivity contribution in [3.8, 4) is 5.75 Å². The van der Waals surface area contributed by atoms with Crippen molar-refractivity contribution in [1.29, 1.82) is 0 Å². The second-order valence-electron chi connectivity index (χ2n) is 6.44. The average Bonchev–Trinajstić information content (AvgIpc) is 2.60. The lowest BCUT2D eigenvalue weighted by Crippen LogP contribution is -2.28.